The summed E-state index contributed by atoms with van der Waals surface area (Å²) in [6.45, 7) is 2.03. The summed E-state index contributed by atoms with van der Waals surface area (Å²) < 4.78 is 47.9. The van der Waals surface area contributed by atoms with Gasteiger partial charge in [-0.25, -0.2) is 0 Å². The molecule has 1 N–H and O–H groups in total. The zero-order chi connectivity index (χ0) is 26.5. The third-order valence-corrected chi connectivity index (χ3v) is 8.44. The number of fused-ring (bicyclic) bond motifs is 4. The number of benzene rings is 4. The predicted molar refractivity (Wildman–Crippen MR) is 152 cm³/mol. The lowest BCUT2D eigenvalue weighted by molar-refractivity contribution is 0.358. The van der Waals surface area contributed by atoms with E-state index in [4.69, 9.17) is 9.47 Å². The van der Waals surface area contributed by atoms with Crippen molar-refractivity contribution in [1.29, 1.82) is 0 Å². The number of para-hydroxylation sites is 7. The van der Waals surface area contributed by atoms with Crippen molar-refractivity contribution in [3.05, 3.63) is 95.5 Å². The molecule has 6 rings (SSSR count). The summed E-state index contributed by atoms with van der Waals surface area (Å²) in [6.07, 6.45) is 0.580. The van der Waals surface area contributed by atoms with Crippen LogP contribution in [0.4, 0.5) is 22.7 Å². The van der Waals surface area contributed by atoms with Crippen molar-refractivity contribution >= 4 is 48.8 Å². The van der Waals surface area contributed by atoms with Crippen LogP contribution in [0.3, 0.4) is 0 Å². The second kappa shape index (κ2) is 9.34. The molecular formula is C29H25BrN2O5S. The number of hydrogen-bond donors (Lipinski definition) is 1. The van der Waals surface area contributed by atoms with Gasteiger partial charge in [-0.1, -0.05) is 49.4 Å². The number of nitrogens with zero attached hydrogens (tertiary/aromatic N) is 2. The molecule has 0 bridgehead atoms. The van der Waals surface area contributed by atoms with E-state index in [0.717, 1.165) is 27.2 Å². The van der Waals surface area contributed by atoms with Gasteiger partial charge in [0.25, 0.3) is 10.1 Å². The lowest BCUT2D eigenvalue weighted by Crippen LogP contribution is -2.59. The first-order valence-corrected chi connectivity index (χ1v) is 14.7. The molecule has 7 nitrogen and oxygen atoms in total. The zero-order valence-electron chi connectivity index (χ0n) is 20.5. The minimum Gasteiger partial charge on any atom is -0.453 e. The van der Waals surface area contributed by atoms with Crippen LogP contribution >= 0.6 is 15.9 Å². The highest BCUT2D eigenvalue weighted by molar-refractivity contribution is 9.10. The van der Waals surface area contributed by atoms with E-state index in [1.807, 2.05) is 97.9 Å². The maximum absolute atomic E-state index is 12.3. The molecule has 0 saturated heterocycles. The van der Waals surface area contributed by atoms with Gasteiger partial charge in [0.15, 0.2) is 23.0 Å². The highest BCUT2D eigenvalue weighted by Crippen LogP contribution is 2.58. The van der Waals surface area contributed by atoms with Gasteiger partial charge < -0.3 is 19.3 Å². The van der Waals surface area contributed by atoms with Gasteiger partial charge in [-0.3, -0.25) is 4.55 Å². The van der Waals surface area contributed by atoms with Gasteiger partial charge >= 0.3 is 0 Å². The molecule has 2 heterocycles. The van der Waals surface area contributed by atoms with Gasteiger partial charge in [-0.15, -0.1) is 0 Å². The van der Waals surface area contributed by atoms with E-state index >= 15 is 0 Å². The van der Waals surface area contributed by atoms with Gasteiger partial charge in [0.2, 0.25) is 0 Å². The molecule has 194 valence electrons. The molecule has 0 radical (unpaired) electrons. The second-order valence-corrected chi connectivity index (χ2v) is 11.7. The van der Waals surface area contributed by atoms with Crippen LogP contribution < -0.4 is 19.3 Å². The summed E-state index contributed by atoms with van der Waals surface area (Å²) in [4.78, 5) is 4.30. The molecule has 1 unspecified atom stereocenters. The van der Waals surface area contributed by atoms with Gasteiger partial charge in [-0.2, -0.15) is 8.42 Å². The van der Waals surface area contributed by atoms with Crippen LogP contribution in [0, 0.1) is 0 Å². The van der Waals surface area contributed by atoms with Crippen molar-refractivity contribution in [2.45, 2.75) is 25.4 Å². The lowest BCUT2D eigenvalue weighted by atomic mass is 9.92. The molecule has 1 atom stereocenters. The van der Waals surface area contributed by atoms with E-state index in [9.17, 15) is 13.0 Å². The summed E-state index contributed by atoms with van der Waals surface area (Å²) >= 11 is 3.65. The fourth-order valence-corrected chi connectivity index (χ4v) is 6.47. The van der Waals surface area contributed by atoms with Gasteiger partial charge in [-0.05, 0) is 70.9 Å². The van der Waals surface area contributed by atoms with Crippen LogP contribution in [0.25, 0.3) is 0 Å². The molecule has 0 amide bonds. The fourth-order valence-electron chi connectivity index (χ4n) is 5.45. The highest BCUT2D eigenvalue weighted by Gasteiger charge is 2.49. The number of rotatable bonds is 6. The Balaban J connectivity index is 1.69. The molecule has 4 aromatic rings. The maximum Gasteiger partial charge on any atom is 0.265 e. The lowest BCUT2D eigenvalue weighted by Gasteiger charge is -2.55. The minimum absolute atomic E-state index is 0.0886. The third-order valence-electron chi connectivity index (χ3n) is 7.10. The van der Waals surface area contributed by atoms with Crippen LogP contribution in [0.15, 0.2) is 95.5 Å². The first-order valence-electron chi connectivity index (χ1n) is 12.3. The van der Waals surface area contributed by atoms with E-state index in [0.29, 0.717) is 29.4 Å². The van der Waals surface area contributed by atoms with Crippen LogP contribution in [0.2, 0.25) is 0 Å². The molecule has 0 aromatic heterocycles. The Kier molecular flexibility index (Phi) is 6.09. The largest absolute Gasteiger partial charge is 0.453 e. The molecule has 9 heteroatoms. The zero-order valence-corrected chi connectivity index (χ0v) is 22.9. The van der Waals surface area contributed by atoms with E-state index in [-0.39, 0.29) is 6.42 Å². The molecule has 2 aliphatic rings. The number of ether oxygens (including phenoxy) is 2. The fraction of sp³-hybridized carbons (Fsp3) is 0.172. The van der Waals surface area contributed by atoms with Gasteiger partial charge in [0.05, 0.1) is 33.0 Å². The van der Waals surface area contributed by atoms with Crippen LogP contribution in [0.5, 0.6) is 23.0 Å². The van der Waals surface area contributed by atoms with Crippen molar-refractivity contribution in [2.75, 3.05) is 15.6 Å². The highest BCUT2D eigenvalue weighted by atomic mass is 79.9. The first-order chi connectivity index (χ1) is 18.3. The van der Waals surface area contributed by atoms with Crippen molar-refractivity contribution in [2.24, 2.45) is 0 Å². The van der Waals surface area contributed by atoms with E-state index < -0.39 is 21.5 Å². The summed E-state index contributed by atoms with van der Waals surface area (Å²) in [5.74, 6) is 2.15. The van der Waals surface area contributed by atoms with Crippen molar-refractivity contribution < 1.29 is 22.4 Å². The number of halogens is 1. The smallest absolute Gasteiger partial charge is 0.265 e. The quantitative estimate of drug-likeness (QED) is 0.227. The third kappa shape index (κ3) is 4.02. The van der Waals surface area contributed by atoms with Crippen molar-refractivity contribution in [3.8, 4) is 23.0 Å². The van der Waals surface area contributed by atoms with Gasteiger partial charge in [0, 0.05) is 6.42 Å². The SMILES string of the molecule is CCC(CCS(=O)(=O)O)(N1c2ccccc2Oc2ccccc21)N1c2ccccc2Oc2c(Br)cccc21. The molecule has 38 heavy (non-hydrogen) atoms. The Bertz CT molecular complexity index is 1600. The van der Waals surface area contributed by atoms with Gasteiger partial charge in [0.1, 0.15) is 5.66 Å². The van der Waals surface area contributed by atoms with Crippen molar-refractivity contribution in [3.63, 3.8) is 0 Å². The first kappa shape index (κ1) is 24.8. The standard InChI is InChI=1S/C29H25BrN2O5S/c1-2-29(18-19-38(33,34)35,31-21-11-3-6-15-25(21)36-26-16-7-4-12-22(26)31)32-23-13-5-8-17-27(23)37-28-20(30)10-9-14-24(28)32/h3-17H,2,18-19H2,1H3,(H,33,34,35). The molecule has 4 aromatic carbocycles. The Morgan fingerprint density at radius 3 is 1.74 bits per heavy atom. The summed E-state index contributed by atoms with van der Waals surface area (Å²) in [5, 5.41) is 0. The monoisotopic (exact) mass is 592 g/mol. The molecular weight excluding hydrogens is 568 g/mol. The molecule has 2 aliphatic heterocycles. The Hall–Kier alpha value is -3.53. The summed E-state index contributed by atoms with van der Waals surface area (Å²) in [5.41, 5.74) is 2.16. The average molecular weight is 593 g/mol. The normalized spacial score (nSPS) is 15.2. The Labute approximate surface area is 230 Å². The predicted octanol–water partition coefficient (Wildman–Crippen LogP) is 8.02. The average Bonchev–Trinajstić information content (AvgIpc) is 2.92. The molecule has 0 spiro atoms. The van der Waals surface area contributed by atoms with E-state index in [1.165, 1.54) is 0 Å². The molecule has 0 saturated carbocycles. The summed E-state index contributed by atoms with van der Waals surface area (Å²) in [6, 6.07) is 28.9. The van der Waals surface area contributed by atoms with Crippen LogP contribution in [-0.4, -0.2) is 24.4 Å². The van der Waals surface area contributed by atoms with Crippen LogP contribution in [-0.2, 0) is 10.1 Å². The second-order valence-electron chi connectivity index (χ2n) is 9.24. The van der Waals surface area contributed by atoms with Crippen LogP contribution in [0.1, 0.15) is 19.8 Å². The Morgan fingerprint density at radius 2 is 1.21 bits per heavy atom. The number of anilines is 4. The van der Waals surface area contributed by atoms with E-state index in [1.54, 1.807) is 0 Å². The summed E-state index contributed by atoms with van der Waals surface area (Å²) in [7, 11) is -4.29. The molecule has 0 aliphatic carbocycles. The topological polar surface area (TPSA) is 79.3 Å². The maximum atomic E-state index is 12.3. The van der Waals surface area contributed by atoms with E-state index in [2.05, 4.69) is 25.7 Å². The number of hydrogen-bond acceptors (Lipinski definition) is 6. The minimum atomic E-state index is -4.29. The Morgan fingerprint density at radius 1 is 0.737 bits per heavy atom. The van der Waals surface area contributed by atoms with Crippen molar-refractivity contribution in [1.82, 2.24) is 0 Å². The molecule has 0 fully saturated rings.